The molecule has 0 unspecified atom stereocenters. The van der Waals surface area contributed by atoms with E-state index in [1.54, 1.807) is 7.11 Å². The van der Waals surface area contributed by atoms with E-state index in [0.717, 1.165) is 24.2 Å². The standard InChI is InChI=1S/C16H26N2O2/c1-4-16(5-2,11-17)12-18-15(19)10-13-7-6-8-14(9-13)20-3/h6-9H,4-5,10-12,17H2,1-3H3,(H,18,19). The molecule has 1 aromatic rings. The average Bonchev–Trinajstić information content (AvgIpc) is 2.49. The predicted molar refractivity (Wildman–Crippen MR) is 81.8 cm³/mol. The van der Waals surface area contributed by atoms with Crippen molar-refractivity contribution in [3.05, 3.63) is 29.8 Å². The molecule has 0 saturated carbocycles. The number of hydrogen-bond acceptors (Lipinski definition) is 3. The van der Waals surface area contributed by atoms with E-state index in [-0.39, 0.29) is 11.3 Å². The van der Waals surface area contributed by atoms with E-state index < -0.39 is 0 Å². The lowest BCUT2D eigenvalue weighted by Gasteiger charge is -2.30. The molecule has 3 N–H and O–H groups in total. The highest BCUT2D eigenvalue weighted by atomic mass is 16.5. The fraction of sp³-hybridized carbons (Fsp3) is 0.562. The van der Waals surface area contributed by atoms with Gasteiger partial charge in [0, 0.05) is 6.54 Å². The van der Waals surface area contributed by atoms with Crippen LogP contribution in [0.5, 0.6) is 5.75 Å². The maximum atomic E-state index is 12.0. The van der Waals surface area contributed by atoms with Crippen molar-refractivity contribution in [2.45, 2.75) is 33.1 Å². The molecule has 4 heteroatoms. The molecule has 0 fully saturated rings. The van der Waals surface area contributed by atoms with Gasteiger partial charge < -0.3 is 15.8 Å². The first-order valence-corrected chi connectivity index (χ1v) is 7.19. The zero-order chi connectivity index (χ0) is 15.0. The van der Waals surface area contributed by atoms with E-state index in [4.69, 9.17) is 10.5 Å². The Hall–Kier alpha value is -1.55. The zero-order valence-corrected chi connectivity index (χ0v) is 12.7. The van der Waals surface area contributed by atoms with Crippen molar-refractivity contribution < 1.29 is 9.53 Å². The van der Waals surface area contributed by atoms with Crippen molar-refractivity contribution in [1.29, 1.82) is 0 Å². The number of carbonyl (C=O) groups excluding carboxylic acids is 1. The van der Waals surface area contributed by atoms with E-state index in [1.165, 1.54) is 0 Å². The molecule has 20 heavy (non-hydrogen) atoms. The lowest BCUT2D eigenvalue weighted by Crippen LogP contribution is -2.42. The minimum atomic E-state index is 0.0179. The Kier molecular flexibility index (Phi) is 6.52. The number of amides is 1. The van der Waals surface area contributed by atoms with Crippen LogP contribution < -0.4 is 15.8 Å². The van der Waals surface area contributed by atoms with Crippen LogP contribution in [-0.4, -0.2) is 26.1 Å². The van der Waals surface area contributed by atoms with Crippen molar-refractivity contribution >= 4 is 5.91 Å². The van der Waals surface area contributed by atoms with Gasteiger partial charge in [-0.1, -0.05) is 26.0 Å². The summed E-state index contributed by atoms with van der Waals surface area (Å²) in [7, 11) is 1.62. The number of nitrogens with one attached hydrogen (secondary N) is 1. The van der Waals surface area contributed by atoms with Gasteiger partial charge in [-0.2, -0.15) is 0 Å². The van der Waals surface area contributed by atoms with E-state index >= 15 is 0 Å². The Balaban J connectivity index is 2.55. The number of rotatable bonds is 8. The van der Waals surface area contributed by atoms with Crippen molar-refractivity contribution in [2.24, 2.45) is 11.1 Å². The molecule has 0 atom stereocenters. The molecule has 1 aromatic carbocycles. The quantitative estimate of drug-likeness (QED) is 0.765. The van der Waals surface area contributed by atoms with Crippen LogP contribution in [0.25, 0.3) is 0 Å². The first-order chi connectivity index (χ1) is 9.59. The molecule has 0 heterocycles. The second-order valence-corrected chi connectivity index (χ2v) is 5.22. The summed E-state index contributed by atoms with van der Waals surface area (Å²) in [5.74, 6) is 0.798. The first kappa shape index (κ1) is 16.5. The van der Waals surface area contributed by atoms with Gasteiger partial charge in [-0.25, -0.2) is 0 Å². The highest BCUT2D eigenvalue weighted by Crippen LogP contribution is 2.23. The third kappa shape index (κ3) is 4.53. The predicted octanol–water partition coefficient (Wildman–Crippen LogP) is 2.12. The summed E-state index contributed by atoms with van der Waals surface area (Å²) in [4.78, 5) is 12.0. The van der Waals surface area contributed by atoms with Crippen LogP contribution in [0, 0.1) is 5.41 Å². The fourth-order valence-electron chi connectivity index (χ4n) is 2.18. The summed E-state index contributed by atoms with van der Waals surface area (Å²) < 4.78 is 5.15. The first-order valence-electron chi connectivity index (χ1n) is 7.19. The number of carbonyl (C=O) groups is 1. The number of nitrogens with two attached hydrogens (primary N) is 1. The van der Waals surface area contributed by atoms with Gasteiger partial charge >= 0.3 is 0 Å². The van der Waals surface area contributed by atoms with Gasteiger partial charge in [0.1, 0.15) is 5.75 Å². The molecule has 0 radical (unpaired) electrons. The summed E-state index contributed by atoms with van der Waals surface area (Å²) in [6, 6.07) is 7.58. The molecule has 0 aliphatic heterocycles. The summed E-state index contributed by atoms with van der Waals surface area (Å²) in [6.07, 6.45) is 2.31. The number of hydrogen-bond donors (Lipinski definition) is 2. The molecular formula is C16H26N2O2. The maximum Gasteiger partial charge on any atom is 0.224 e. The summed E-state index contributed by atoms with van der Waals surface area (Å²) >= 11 is 0. The van der Waals surface area contributed by atoms with Gasteiger partial charge in [0.05, 0.1) is 13.5 Å². The number of benzene rings is 1. The molecule has 0 aromatic heterocycles. The van der Waals surface area contributed by atoms with Crippen LogP contribution in [0.2, 0.25) is 0 Å². The van der Waals surface area contributed by atoms with Gasteiger partial charge in [-0.05, 0) is 42.5 Å². The molecule has 0 bridgehead atoms. The van der Waals surface area contributed by atoms with Crippen LogP contribution in [0.4, 0.5) is 0 Å². The van der Waals surface area contributed by atoms with E-state index in [1.807, 2.05) is 24.3 Å². The molecule has 4 nitrogen and oxygen atoms in total. The minimum Gasteiger partial charge on any atom is -0.497 e. The van der Waals surface area contributed by atoms with Crippen molar-refractivity contribution in [1.82, 2.24) is 5.32 Å². The van der Waals surface area contributed by atoms with Crippen LogP contribution in [-0.2, 0) is 11.2 Å². The summed E-state index contributed by atoms with van der Waals surface area (Å²) in [6.45, 7) is 5.47. The Morgan fingerprint density at radius 1 is 1.35 bits per heavy atom. The summed E-state index contributed by atoms with van der Waals surface area (Å²) in [5.41, 5.74) is 6.81. The molecule has 0 saturated heterocycles. The molecule has 1 amide bonds. The summed E-state index contributed by atoms with van der Waals surface area (Å²) in [5, 5.41) is 3.00. The second-order valence-electron chi connectivity index (χ2n) is 5.22. The third-order valence-electron chi connectivity index (χ3n) is 4.09. The largest absolute Gasteiger partial charge is 0.497 e. The zero-order valence-electron chi connectivity index (χ0n) is 12.7. The maximum absolute atomic E-state index is 12.0. The molecule has 0 aliphatic rings. The lowest BCUT2D eigenvalue weighted by atomic mass is 9.82. The van der Waals surface area contributed by atoms with Gasteiger partial charge in [0.2, 0.25) is 5.91 Å². The molecule has 0 spiro atoms. The van der Waals surface area contributed by atoms with E-state index in [0.29, 0.717) is 19.5 Å². The van der Waals surface area contributed by atoms with Gasteiger partial charge in [0.15, 0.2) is 0 Å². The number of methoxy groups -OCH3 is 1. The van der Waals surface area contributed by atoms with Crippen LogP contribution in [0.3, 0.4) is 0 Å². The van der Waals surface area contributed by atoms with Gasteiger partial charge in [0.25, 0.3) is 0 Å². The highest BCUT2D eigenvalue weighted by Gasteiger charge is 2.24. The van der Waals surface area contributed by atoms with Crippen molar-refractivity contribution in [3.63, 3.8) is 0 Å². The average molecular weight is 278 g/mol. The van der Waals surface area contributed by atoms with Crippen LogP contribution in [0.1, 0.15) is 32.3 Å². The second kappa shape index (κ2) is 7.90. The van der Waals surface area contributed by atoms with Crippen LogP contribution >= 0.6 is 0 Å². The van der Waals surface area contributed by atoms with Crippen LogP contribution in [0.15, 0.2) is 24.3 Å². The molecule has 0 aliphatic carbocycles. The Morgan fingerprint density at radius 3 is 2.60 bits per heavy atom. The number of ether oxygens (including phenoxy) is 1. The van der Waals surface area contributed by atoms with Gasteiger partial charge in [-0.15, -0.1) is 0 Å². The third-order valence-corrected chi connectivity index (χ3v) is 4.09. The lowest BCUT2D eigenvalue weighted by molar-refractivity contribution is -0.120. The Morgan fingerprint density at radius 2 is 2.05 bits per heavy atom. The molecule has 112 valence electrons. The Labute approximate surface area is 121 Å². The topological polar surface area (TPSA) is 64.3 Å². The highest BCUT2D eigenvalue weighted by molar-refractivity contribution is 5.78. The van der Waals surface area contributed by atoms with Gasteiger partial charge in [-0.3, -0.25) is 4.79 Å². The van der Waals surface area contributed by atoms with Crippen molar-refractivity contribution in [2.75, 3.05) is 20.2 Å². The fourth-order valence-corrected chi connectivity index (χ4v) is 2.18. The monoisotopic (exact) mass is 278 g/mol. The molecule has 1 rings (SSSR count). The minimum absolute atomic E-state index is 0.0179. The normalized spacial score (nSPS) is 11.2. The Bertz CT molecular complexity index is 420. The van der Waals surface area contributed by atoms with E-state index in [9.17, 15) is 4.79 Å². The smallest absolute Gasteiger partial charge is 0.224 e. The van der Waals surface area contributed by atoms with E-state index in [2.05, 4.69) is 19.2 Å². The molecular weight excluding hydrogens is 252 g/mol. The van der Waals surface area contributed by atoms with Crippen molar-refractivity contribution in [3.8, 4) is 5.75 Å². The SMILES string of the molecule is CCC(CC)(CN)CNC(=O)Cc1cccc(OC)c1.